The molecule has 5 rings (SSSR count). The number of benzene rings is 2. The van der Waals surface area contributed by atoms with Crippen molar-refractivity contribution in [2.45, 2.75) is 33.5 Å². The van der Waals surface area contributed by atoms with Gasteiger partial charge in [0.25, 0.3) is 0 Å². The molecule has 2 aromatic carbocycles. The third-order valence-corrected chi connectivity index (χ3v) is 15.4. The summed E-state index contributed by atoms with van der Waals surface area (Å²) in [4.78, 5) is 0. The van der Waals surface area contributed by atoms with E-state index in [1.54, 1.807) is 22.0 Å². The average molecular weight is 573 g/mol. The van der Waals surface area contributed by atoms with Gasteiger partial charge in [-0.15, -0.1) is 0 Å². The predicted molar refractivity (Wildman–Crippen MR) is 114 cm³/mol. The molecule has 0 nitrogen and oxygen atoms in total. The summed E-state index contributed by atoms with van der Waals surface area (Å²) in [5.41, 5.74) is 6.75. The first-order valence-corrected chi connectivity index (χ1v) is 15.2. The second kappa shape index (κ2) is 9.75. The number of allylic oxidation sites excluding steroid dienone is 5. The van der Waals surface area contributed by atoms with Crippen molar-refractivity contribution in [2.24, 2.45) is 5.92 Å². The summed E-state index contributed by atoms with van der Waals surface area (Å²) in [7, 11) is 0.790. The SMILES string of the molecule is CC1=C(Pc2ccccc2)c2ccccc2[CH]1[Hf+2][CH]1CCC2CC=CC=C21.[F-].[F-]. The molecule has 0 aliphatic heterocycles. The molecule has 0 aromatic heterocycles. The molecule has 4 atom stereocenters. The van der Waals surface area contributed by atoms with E-state index in [4.69, 9.17) is 0 Å². The fourth-order valence-corrected chi connectivity index (χ4v) is 14.3. The van der Waals surface area contributed by atoms with E-state index < -0.39 is 22.9 Å². The van der Waals surface area contributed by atoms with Crippen LogP contribution in [0.25, 0.3) is 5.31 Å². The normalized spacial score (nSPS) is 24.4. The molecule has 0 saturated heterocycles. The van der Waals surface area contributed by atoms with E-state index in [-0.39, 0.29) is 9.41 Å². The predicted octanol–water partition coefficient (Wildman–Crippen LogP) is 0.652. The van der Waals surface area contributed by atoms with Gasteiger partial charge in [0.15, 0.2) is 0 Å². The Morgan fingerprint density at radius 2 is 1.69 bits per heavy atom. The molecule has 2 aromatic rings. The van der Waals surface area contributed by atoms with E-state index in [1.807, 2.05) is 5.57 Å². The largest absolute Gasteiger partial charge is 1.00 e. The Hall–Kier alpha value is -1.18. The van der Waals surface area contributed by atoms with Gasteiger partial charge in [0.1, 0.15) is 0 Å². The van der Waals surface area contributed by atoms with Crippen molar-refractivity contribution in [3.8, 4) is 0 Å². The molecular formula is C25H25F2HfP. The van der Waals surface area contributed by atoms with Crippen LogP contribution >= 0.6 is 8.58 Å². The average Bonchev–Trinajstić information content (AvgIpc) is 3.24. The number of halogens is 2. The Balaban J connectivity index is 0.00000120. The second-order valence-corrected chi connectivity index (χ2v) is 15.0. The van der Waals surface area contributed by atoms with Gasteiger partial charge in [0, 0.05) is 0 Å². The van der Waals surface area contributed by atoms with Crippen molar-refractivity contribution in [3.63, 3.8) is 0 Å². The molecule has 3 aliphatic carbocycles. The molecule has 0 amide bonds. The quantitative estimate of drug-likeness (QED) is 0.373. The van der Waals surface area contributed by atoms with Crippen molar-refractivity contribution >= 4 is 19.2 Å². The van der Waals surface area contributed by atoms with Gasteiger partial charge in [-0.3, -0.25) is 0 Å². The first-order valence-electron chi connectivity index (χ1n) is 10.1. The molecule has 0 bridgehead atoms. The van der Waals surface area contributed by atoms with Crippen LogP contribution in [0.3, 0.4) is 0 Å². The molecule has 3 aliphatic rings. The number of rotatable bonds is 4. The summed E-state index contributed by atoms with van der Waals surface area (Å²) >= 11 is -0.845. The van der Waals surface area contributed by atoms with E-state index in [2.05, 4.69) is 79.7 Å². The minimum atomic E-state index is -0.845. The van der Waals surface area contributed by atoms with Crippen molar-refractivity contribution in [1.82, 2.24) is 0 Å². The van der Waals surface area contributed by atoms with Crippen molar-refractivity contribution in [2.75, 3.05) is 0 Å². The van der Waals surface area contributed by atoms with Gasteiger partial charge in [-0.05, 0) is 0 Å². The summed E-state index contributed by atoms with van der Waals surface area (Å²) in [6.07, 6.45) is 11.4. The van der Waals surface area contributed by atoms with Crippen LogP contribution in [0.15, 0.2) is 84.0 Å². The Morgan fingerprint density at radius 1 is 0.931 bits per heavy atom. The van der Waals surface area contributed by atoms with Gasteiger partial charge in [-0.2, -0.15) is 0 Å². The van der Waals surface area contributed by atoms with Crippen LogP contribution in [-0.2, 0) is 22.9 Å². The van der Waals surface area contributed by atoms with E-state index >= 15 is 0 Å². The minimum absolute atomic E-state index is 0. The Labute approximate surface area is 185 Å². The fraction of sp³-hybridized carbons (Fsp3) is 0.280. The fourth-order valence-electron chi connectivity index (χ4n) is 4.91. The summed E-state index contributed by atoms with van der Waals surface area (Å²) in [6.45, 7) is 2.45. The van der Waals surface area contributed by atoms with Gasteiger partial charge in [0.2, 0.25) is 0 Å². The second-order valence-electron chi connectivity index (χ2n) is 7.89. The van der Waals surface area contributed by atoms with Gasteiger partial charge in [-0.25, -0.2) is 0 Å². The summed E-state index contributed by atoms with van der Waals surface area (Å²) < 4.78 is 1.76. The smallest absolute Gasteiger partial charge is 1.00 e. The molecule has 0 spiro atoms. The monoisotopic (exact) mass is 574 g/mol. The van der Waals surface area contributed by atoms with Crippen LogP contribution < -0.4 is 14.7 Å². The standard InChI is InChI=1S/C16H14P.C9H11.2FH.Hf/c1-12-11-13-7-5-6-10-15(13)16(12)17-14-8-3-2-4-9-14;1-2-5-9-7-3-6-8(9)4-1;;;/h2-11,17H,1H3;1-2,4,6,9H,3,5,7H2;2*1H;/q;;;;+2/p-2. The van der Waals surface area contributed by atoms with Crippen LogP contribution in [0, 0.1) is 5.92 Å². The first-order chi connectivity index (χ1) is 13.3. The maximum Gasteiger partial charge on any atom is -1.00 e. The van der Waals surface area contributed by atoms with Gasteiger partial charge in [-0.1, -0.05) is 0 Å². The summed E-state index contributed by atoms with van der Waals surface area (Å²) in [6, 6.07) is 20.4. The van der Waals surface area contributed by atoms with Gasteiger partial charge < -0.3 is 9.41 Å². The van der Waals surface area contributed by atoms with Gasteiger partial charge >= 0.3 is 177 Å². The number of fused-ring (bicyclic) bond motifs is 2. The maximum atomic E-state index is 2.48. The number of hydrogen-bond donors (Lipinski definition) is 0. The van der Waals surface area contributed by atoms with E-state index in [0.29, 0.717) is 0 Å². The van der Waals surface area contributed by atoms with E-state index in [1.165, 1.54) is 24.6 Å². The van der Waals surface area contributed by atoms with E-state index in [9.17, 15) is 0 Å². The molecule has 0 heterocycles. The van der Waals surface area contributed by atoms with E-state index in [0.717, 1.165) is 21.8 Å². The Kier molecular flexibility index (Phi) is 7.57. The Morgan fingerprint density at radius 3 is 2.52 bits per heavy atom. The van der Waals surface area contributed by atoms with Gasteiger partial charge in [0.05, 0.1) is 0 Å². The molecule has 1 saturated carbocycles. The molecule has 4 heteroatoms. The zero-order valence-electron chi connectivity index (χ0n) is 16.5. The van der Waals surface area contributed by atoms with Crippen LogP contribution in [0.4, 0.5) is 0 Å². The molecular weight excluding hydrogens is 548 g/mol. The van der Waals surface area contributed by atoms with Crippen LogP contribution in [0.2, 0.25) is 3.67 Å². The summed E-state index contributed by atoms with van der Waals surface area (Å²) in [5.74, 6) is 0.874. The topological polar surface area (TPSA) is 0 Å². The molecule has 0 radical (unpaired) electrons. The van der Waals surface area contributed by atoms with Crippen LogP contribution in [0.5, 0.6) is 0 Å². The van der Waals surface area contributed by atoms with Crippen molar-refractivity contribution in [3.05, 3.63) is 95.1 Å². The maximum absolute atomic E-state index is 2.48. The zero-order valence-corrected chi connectivity index (χ0v) is 21.1. The molecule has 0 N–H and O–H groups in total. The van der Waals surface area contributed by atoms with Crippen LogP contribution in [-0.4, -0.2) is 0 Å². The van der Waals surface area contributed by atoms with Crippen LogP contribution in [0.1, 0.15) is 41.0 Å². The minimum Gasteiger partial charge on any atom is -1.00 e. The number of hydrogen-bond acceptors (Lipinski definition) is 0. The molecule has 1 fully saturated rings. The molecule has 4 unspecified atom stereocenters. The first kappa shape index (κ1) is 22.5. The third kappa shape index (κ3) is 4.32. The zero-order chi connectivity index (χ0) is 18.2. The molecule has 148 valence electrons. The third-order valence-electron chi connectivity index (χ3n) is 6.30. The van der Waals surface area contributed by atoms with Crippen molar-refractivity contribution in [1.29, 1.82) is 0 Å². The summed E-state index contributed by atoms with van der Waals surface area (Å²) in [5, 5.41) is 3.11. The Bertz CT molecular complexity index is 948. The van der Waals surface area contributed by atoms with Crippen molar-refractivity contribution < 1.29 is 32.3 Å². The molecule has 29 heavy (non-hydrogen) atoms.